The normalized spacial score (nSPS) is 29.5. The van der Waals surface area contributed by atoms with Crippen molar-refractivity contribution in [1.29, 1.82) is 0 Å². The Morgan fingerprint density at radius 1 is 0.920 bits per heavy atom. The van der Waals surface area contributed by atoms with Gasteiger partial charge in [0.2, 0.25) is 0 Å². The number of likely N-dealkylation sites (tertiary alicyclic amines) is 1. The maximum Gasteiger partial charge on any atom is 0.101 e. The van der Waals surface area contributed by atoms with Gasteiger partial charge in [-0.15, -0.1) is 0 Å². The second-order valence-electron chi connectivity index (χ2n) is 7.68. The van der Waals surface area contributed by atoms with Crippen molar-refractivity contribution in [1.82, 2.24) is 4.90 Å². The second-order valence-corrected chi connectivity index (χ2v) is 7.68. The highest BCUT2D eigenvalue weighted by molar-refractivity contribution is 5.27. The molecule has 0 spiro atoms. The minimum absolute atomic E-state index is 0.0806. The van der Waals surface area contributed by atoms with Gasteiger partial charge in [0.25, 0.3) is 0 Å². The molecular weight excluding hydrogens is 306 g/mol. The average molecular weight is 335 g/mol. The van der Waals surface area contributed by atoms with Crippen LogP contribution in [0.1, 0.15) is 30.4 Å². The van der Waals surface area contributed by atoms with Crippen LogP contribution in [0.2, 0.25) is 0 Å². The molecule has 2 unspecified atom stereocenters. The van der Waals surface area contributed by atoms with Gasteiger partial charge in [-0.1, -0.05) is 67.1 Å². The zero-order valence-electron chi connectivity index (χ0n) is 15.2. The summed E-state index contributed by atoms with van der Waals surface area (Å²) in [5.74, 6) is 1.20. The fourth-order valence-corrected chi connectivity index (χ4v) is 5.26. The van der Waals surface area contributed by atoms with Gasteiger partial charge in [0, 0.05) is 38.6 Å². The molecule has 2 aromatic carbocycles. The Morgan fingerprint density at radius 2 is 1.52 bits per heavy atom. The SMILES string of the molecule is COC1(c2ccccc2)C2CCCC1CN(CCc1ccccc1)C2. The van der Waals surface area contributed by atoms with Crippen LogP contribution in [0.4, 0.5) is 0 Å². The molecule has 2 aliphatic rings. The highest BCUT2D eigenvalue weighted by Crippen LogP contribution is 2.51. The molecule has 2 nitrogen and oxygen atoms in total. The number of fused-ring (bicyclic) bond motifs is 2. The first-order valence-corrected chi connectivity index (χ1v) is 9.70. The molecule has 2 fully saturated rings. The van der Waals surface area contributed by atoms with Gasteiger partial charge in [0.1, 0.15) is 5.60 Å². The number of hydrogen-bond donors (Lipinski definition) is 0. The van der Waals surface area contributed by atoms with E-state index < -0.39 is 0 Å². The molecule has 0 radical (unpaired) electrons. The first kappa shape index (κ1) is 16.8. The summed E-state index contributed by atoms with van der Waals surface area (Å²) < 4.78 is 6.32. The van der Waals surface area contributed by atoms with Gasteiger partial charge in [0.15, 0.2) is 0 Å². The van der Waals surface area contributed by atoms with Gasteiger partial charge in [-0.3, -0.25) is 0 Å². The number of piperidine rings is 1. The number of methoxy groups -OCH3 is 1. The molecule has 1 saturated carbocycles. The van der Waals surface area contributed by atoms with Crippen molar-refractivity contribution < 1.29 is 4.74 Å². The fourth-order valence-electron chi connectivity index (χ4n) is 5.26. The number of hydrogen-bond acceptors (Lipinski definition) is 2. The Bertz CT molecular complexity index is 655. The third-order valence-electron chi connectivity index (χ3n) is 6.40. The van der Waals surface area contributed by atoms with E-state index in [2.05, 4.69) is 65.6 Å². The second kappa shape index (κ2) is 7.31. The minimum atomic E-state index is -0.0806. The molecule has 132 valence electrons. The van der Waals surface area contributed by atoms with Crippen molar-refractivity contribution in [2.24, 2.45) is 11.8 Å². The van der Waals surface area contributed by atoms with E-state index >= 15 is 0 Å². The van der Waals surface area contributed by atoms with Crippen LogP contribution < -0.4 is 0 Å². The summed E-state index contributed by atoms with van der Waals surface area (Å²) in [5.41, 5.74) is 2.75. The lowest BCUT2D eigenvalue weighted by molar-refractivity contribution is -0.168. The highest BCUT2D eigenvalue weighted by atomic mass is 16.5. The molecule has 1 aliphatic carbocycles. The van der Waals surface area contributed by atoms with E-state index in [4.69, 9.17) is 4.74 Å². The lowest BCUT2D eigenvalue weighted by Crippen LogP contribution is -2.59. The Labute approximate surface area is 151 Å². The summed E-state index contributed by atoms with van der Waals surface area (Å²) in [5, 5.41) is 0. The summed E-state index contributed by atoms with van der Waals surface area (Å²) in [6, 6.07) is 21.9. The van der Waals surface area contributed by atoms with Gasteiger partial charge >= 0.3 is 0 Å². The van der Waals surface area contributed by atoms with Crippen molar-refractivity contribution in [2.45, 2.75) is 31.3 Å². The first-order chi connectivity index (χ1) is 12.3. The molecule has 2 heteroatoms. The molecule has 2 bridgehead atoms. The Morgan fingerprint density at radius 3 is 2.12 bits per heavy atom. The first-order valence-electron chi connectivity index (χ1n) is 9.70. The Kier molecular flexibility index (Phi) is 4.91. The van der Waals surface area contributed by atoms with Crippen LogP contribution in [0.3, 0.4) is 0 Å². The van der Waals surface area contributed by atoms with E-state index in [9.17, 15) is 0 Å². The molecule has 1 aliphatic heterocycles. The Balaban J connectivity index is 1.52. The zero-order chi connectivity index (χ0) is 17.1. The summed E-state index contributed by atoms with van der Waals surface area (Å²) in [7, 11) is 1.93. The van der Waals surface area contributed by atoms with Crippen molar-refractivity contribution >= 4 is 0 Å². The van der Waals surface area contributed by atoms with E-state index in [0.717, 1.165) is 26.1 Å². The molecule has 25 heavy (non-hydrogen) atoms. The molecule has 0 aromatic heterocycles. The van der Waals surface area contributed by atoms with Gasteiger partial charge in [-0.25, -0.2) is 0 Å². The van der Waals surface area contributed by atoms with Crippen LogP contribution in [-0.2, 0) is 16.8 Å². The predicted molar refractivity (Wildman–Crippen MR) is 103 cm³/mol. The molecule has 1 saturated heterocycles. The highest BCUT2D eigenvalue weighted by Gasteiger charge is 2.52. The van der Waals surface area contributed by atoms with Crippen molar-refractivity contribution in [3.8, 4) is 0 Å². The number of rotatable bonds is 5. The smallest absolute Gasteiger partial charge is 0.101 e. The van der Waals surface area contributed by atoms with Crippen molar-refractivity contribution in [2.75, 3.05) is 26.7 Å². The van der Waals surface area contributed by atoms with E-state index in [1.807, 2.05) is 7.11 Å². The molecule has 1 heterocycles. The molecule has 4 rings (SSSR count). The van der Waals surface area contributed by atoms with Crippen LogP contribution in [0.25, 0.3) is 0 Å². The van der Waals surface area contributed by atoms with Gasteiger partial charge in [0.05, 0.1) is 0 Å². The van der Waals surface area contributed by atoms with Crippen LogP contribution in [0.15, 0.2) is 60.7 Å². The van der Waals surface area contributed by atoms with E-state index in [0.29, 0.717) is 11.8 Å². The number of benzene rings is 2. The van der Waals surface area contributed by atoms with Crippen LogP contribution in [0.5, 0.6) is 0 Å². The average Bonchev–Trinajstić information content (AvgIpc) is 2.67. The third-order valence-corrected chi connectivity index (χ3v) is 6.40. The fraction of sp³-hybridized carbons (Fsp3) is 0.478. The van der Waals surface area contributed by atoms with Crippen molar-refractivity contribution in [3.63, 3.8) is 0 Å². The third kappa shape index (κ3) is 3.14. The Hall–Kier alpha value is -1.64. The van der Waals surface area contributed by atoms with Crippen LogP contribution in [0, 0.1) is 11.8 Å². The van der Waals surface area contributed by atoms with Gasteiger partial charge < -0.3 is 9.64 Å². The monoisotopic (exact) mass is 335 g/mol. The lowest BCUT2D eigenvalue weighted by Gasteiger charge is -2.55. The predicted octanol–water partition coefficient (Wildman–Crippen LogP) is 4.50. The summed E-state index contributed by atoms with van der Waals surface area (Å²) in [6.45, 7) is 3.48. The maximum absolute atomic E-state index is 6.32. The quantitative estimate of drug-likeness (QED) is 0.797. The summed E-state index contributed by atoms with van der Waals surface area (Å²) in [6.07, 6.45) is 5.05. The molecule has 0 N–H and O–H groups in total. The molecule has 0 amide bonds. The van der Waals surface area contributed by atoms with Gasteiger partial charge in [-0.05, 0) is 30.4 Å². The lowest BCUT2D eigenvalue weighted by atomic mass is 9.62. The van der Waals surface area contributed by atoms with E-state index in [1.165, 1.54) is 30.4 Å². The van der Waals surface area contributed by atoms with Crippen LogP contribution in [-0.4, -0.2) is 31.6 Å². The van der Waals surface area contributed by atoms with Gasteiger partial charge in [-0.2, -0.15) is 0 Å². The number of ether oxygens (including phenoxy) is 1. The minimum Gasteiger partial charge on any atom is -0.373 e. The molecular formula is C23H29NO. The van der Waals surface area contributed by atoms with Crippen molar-refractivity contribution in [3.05, 3.63) is 71.8 Å². The zero-order valence-corrected chi connectivity index (χ0v) is 15.2. The summed E-state index contributed by atoms with van der Waals surface area (Å²) >= 11 is 0. The maximum atomic E-state index is 6.32. The molecule has 2 atom stereocenters. The van der Waals surface area contributed by atoms with E-state index in [1.54, 1.807) is 0 Å². The largest absolute Gasteiger partial charge is 0.373 e. The van der Waals surface area contributed by atoms with E-state index in [-0.39, 0.29) is 5.60 Å². The van der Waals surface area contributed by atoms with Crippen LogP contribution >= 0.6 is 0 Å². The standard InChI is InChI=1S/C23H29NO/c1-25-23(20-11-6-3-7-12-20)21-13-8-14-22(23)18-24(17-21)16-15-19-9-4-2-5-10-19/h2-7,9-12,21-22H,8,13-18H2,1H3. The molecule has 2 aromatic rings. The summed E-state index contributed by atoms with van der Waals surface area (Å²) in [4.78, 5) is 2.68. The topological polar surface area (TPSA) is 12.5 Å². The number of nitrogens with zero attached hydrogens (tertiary/aromatic N) is 1.